The van der Waals surface area contributed by atoms with Gasteiger partial charge in [0.05, 0.1) is 5.54 Å². The lowest BCUT2D eigenvalue weighted by atomic mass is 9.99. The van der Waals surface area contributed by atoms with Crippen molar-refractivity contribution in [1.82, 2.24) is 0 Å². The average molecular weight is 192 g/mol. The minimum Gasteiger partial charge on any atom is -0.325 e. The van der Waals surface area contributed by atoms with Crippen molar-refractivity contribution in [3.8, 4) is 0 Å². The first-order valence-electron chi connectivity index (χ1n) is 4.71. The van der Waals surface area contributed by atoms with Crippen LogP contribution in [0.25, 0.3) is 0 Å². The molecule has 1 rings (SSSR count). The van der Waals surface area contributed by atoms with E-state index in [0.29, 0.717) is 6.42 Å². The molecule has 0 saturated carbocycles. The highest BCUT2D eigenvalue weighted by Crippen LogP contribution is 2.11. The number of para-hydroxylation sites is 1. The van der Waals surface area contributed by atoms with E-state index in [9.17, 15) is 4.79 Å². The molecule has 3 heteroatoms. The van der Waals surface area contributed by atoms with E-state index in [1.54, 1.807) is 6.92 Å². The van der Waals surface area contributed by atoms with Crippen LogP contribution in [0.2, 0.25) is 0 Å². The van der Waals surface area contributed by atoms with Crippen molar-refractivity contribution >= 4 is 11.6 Å². The highest BCUT2D eigenvalue weighted by Gasteiger charge is 2.25. The maximum Gasteiger partial charge on any atom is 0.244 e. The van der Waals surface area contributed by atoms with Gasteiger partial charge in [-0.3, -0.25) is 4.79 Å². The van der Waals surface area contributed by atoms with Crippen molar-refractivity contribution < 1.29 is 4.79 Å². The van der Waals surface area contributed by atoms with Gasteiger partial charge in [-0.05, 0) is 25.5 Å². The highest BCUT2D eigenvalue weighted by molar-refractivity contribution is 5.97. The Hall–Kier alpha value is -1.35. The SMILES string of the molecule is CCC(C)(N)C(=O)Nc1ccccc1. The van der Waals surface area contributed by atoms with Gasteiger partial charge in [0.15, 0.2) is 0 Å². The molecule has 0 aromatic heterocycles. The van der Waals surface area contributed by atoms with E-state index in [1.165, 1.54) is 0 Å². The minimum absolute atomic E-state index is 0.147. The minimum atomic E-state index is -0.796. The van der Waals surface area contributed by atoms with Crippen molar-refractivity contribution in [1.29, 1.82) is 0 Å². The van der Waals surface area contributed by atoms with Crippen molar-refractivity contribution in [2.45, 2.75) is 25.8 Å². The highest BCUT2D eigenvalue weighted by atomic mass is 16.2. The summed E-state index contributed by atoms with van der Waals surface area (Å²) >= 11 is 0. The molecule has 0 fully saturated rings. The van der Waals surface area contributed by atoms with Gasteiger partial charge < -0.3 is 11.1 Å². The van der Waals surface area contributed by atoms with E-state index in [1.807, 2.05) is 37.3 Å². The number of hydrogen-bond acceptors (Lipinski definition) is 2. The second-order valence-electron chi connectivity index (χ2n) is 3.59. The molecule has 14 heavy (non-hydrogen) atoms. The Morgan fingerprint density at radius 2 is 2.00 bits per heavy atom. The van der Waals surface area contributed by atoms with Crippen molar-refractivity contribution in [2.75, 3.05) is 5.32 Å². The lowest BCUT2D eigenvalue weighted by Gasteiger charge is -2.21. The molecule has 1 aromatic carbocycles. The van der Waals surface area contributed by atoms with Gasteiger partial charge in [-0.25, -0.2) is 0 Å². The molecule has 0 saturated heterocycles. The fourth-order valence-electron chi connectivity index (χ4n) is 0.956. The van der Waals surface area contributed by atoms with Crippen LogP contribution in [-0.2, 0) is 4.79 Å². The number of benzene rings is 1. The Bertz CT molecular complexity index is 306. The number of nitrogens with two attached hydrogens (primary N) is 1. The normalized spacial score (nSPS) is 14.5. The van der Waals surface area contributed by atoms with Gasteiger partial charge in [0.2, 0.25) is 5.91 Å². The van der Waals surface area contributed by atoms with Gasteiger partial charge in [0.25, 0.3) is 0 Å². The lowest BCUT2D eigenvalue weighted by molar-refractivity contribution is -0.120. The molecule has 0 bridgehead atoms. The topological polar surface area (TPSA) is 55.1 Å². The van der Waals surface area contributed by atoms with Crippen LogP contribution < -0.4 is 11.1 Å². The molecule has 76 valence electrons. The zero-order chi connectivity index (χ0) is 10.6. The number of rotatable bonds is 3. The Morgan fingerprint density at radius 3 is 2.50 bits per heavy atom. The summed E-state index contributed by atoms with van der Waals surface area (Å²) in [7, 11) is 0. The largest absolute Gasteiger partial charge is 0.325 e. The molecule has 3 N–H and O–H groups in total. The van der Waals surface area contributed by atoms with E-state index in [4.69, 9.17) is 5.73 Å². The molecule has 3 nitrogen and oxygen atoms in total. The molecule has 1 aromatic rings. The molecule has 0 spiro atoms. The zero-order valence-corrected chi connectivity index (χ0v) is 8.58. The quantitative estimate of drug-likeness (QED) is 0.766. The average Bonchev–Trinajstić information content (AvgIpc) is 2.19. The van der Waals surface area contributed by atoms with Crippen LogP contribution in [0.5, 0.6) is 0 Å². The number of amides is 1. The summed E-state index contributed by atoms with van der Waals surface area (Å²) in [5.74, 6) is -0.147. The fraction of sp³-hybridized carbons (Fsp3) is 0.364. The third-order valence-corrected chi connectivity index (χ3v) is 2.28. The van der Waals surface area contributed by atoms with Crippen LogP contribution in [0.15, 0.2) is 30.3 Å². The van der Waals surface area contributed by atoms with E-state index >= 15 is 0 Å². The molecule has 0 aliphatic heterocycles. The molecule has 0 radical (unpaired) electrons. The summed E-state index contributed by atoms with van der Waals surface area (Å²) in [6.45, 7) is 3.62. The summed E-state index contributed by atoms with van der Waals surface area (Å²) in [4.78, 5) is 11.6. The number of carbonyl (C=O) groups is 1. The second-order valence-corrected chi connectivity index (χ2v) is 3.59. The first kappa shape index (κ1) is 10.7. The van der Waals surface area contributed by atoms with Crippen molar-refractivity contribution in [2.24, 2.45) is 5.73 Å². The van der Waals surface area contributed by atoms with Gasteiger partial charge in [-0.2, -0.15) is 0 Å². The number of nitrogens with one attached hydrogen (secondary N) is 1. The van der Waals surface area contributed by atoms with Crippen LogP contribution in [0.4, 0.5) is 5.69 Å². The maximum atomic E-state index is 11.6. The predicted octanol–water partition coefficient (Wildman–Crippen LogP) is 1.75. The van der Waals surface area contributed by atoms with Crippen LogP contribution in [0, 0.1) is 0 Å². The van der Waals surface area contributed by atoms with E-state index in [0.717, 1.165) is 5.69 Å². The molecule has 1 amide bonds. The molecular formula is C11H16N2O. The van der Waals surface area contributed by atoms with Crippen molar-refractivity contribution in [3.05, 3.63) is 30.3 Å². The smallest absolute Gasteiger partial charge is 0.244 e. The number of anilines is 1. The second kappa shape index (κ2) is 4.24. The van der Waals surface area contributed by atoms with Crippen LogP contribution >= 0.6 is 0 Å². The Morgan fingerprint density at radius 1 is 1.43 bits per heavy atom. The first-order valence-corrected chi connectivity index (χ1v) is 4.71. The number of carbonyl (C=O) groups excluding carboxylic acids is 1. The van der Waals surface area contributed by atoms with Crippen LogP contribution in [0.1, 0.15) is 20.3 Å². The zero-order valence-electron chi connectivity index (χ0n) is 8.58. The maximum absolute atomic E-state index is 11.6. The van der Waals surface area contributed by atoms with Gasteiger partial charge in [-0.15, -0.1) is 0 Å². The van der Waals surface area contributed by atoms with Crippen LogP contribution in [0.3, 0.4) is 0 Å². The van der Waals surface area contributed by atoms with E-state index in [-0.39, 0.29) is 5.91 Å². The van der Waals surface area contributed by atoms with E-state index in [2.05, 4.69) is 5.32 Å². The van der Waals surface area contributed by atoms with E-state index < -0.39 is 5.54 Å². The summed E-state index contributed by atoms with van der Waals surface area (Å²) in [6, 6.07) is 9.31. The Labute approximate surface area is 84.3 Å². The lowest BCUT2D eigenvalue weighted by Crippen LogP contribution is -2.47. The Balaban J connectivity index is 2.67. The predicted molar refractivity (Wildman–Crippen MR) is 58.0 cm³/mol. The molecule has 0 aliphatic carbocycles. The summed E-state index contributed by atoms with van der Waals surface area (Å²) < 4.78 is 0. The summed E-state index contributed by atoms with van der Waals surface area (Å²) in [6.07, 6.45) is 0.617. The molecule has 1 unspecified atom stereocenters. The third kappa shape index (κ3) is 2.57. The fourth-order valence-corrected chi connectivity index (χ4v) is 0.956. The van der Waals surface area contributed by atoms with Gasteiger partial charge in [-0.1, -0.05) is 25.1 Å². The standard InChI is InChI=1S/C11H16N2O/c1-3-11(2,12)10(14)13-9-7-5-4-6-8-9/h4-8H,3,12H2,1-2H3,(H,13,14). The monoisotopic (exact) mass is 192 g/mol. The molecule has 0 aliphatic rings. The summed E-state index contributed by atoms with van der Waals surface area (Å²) in [5, 5.41) is 2.77. The molecule has 0 heterocycles. The van der Waals surface area contributed by atoms with Crippen LogP contribution in [-0.4, -0.2) is 11.4 Å². The van der Waals surface area contributed by atoms with Gasteiger partial charge >= 0.3 is 0 Å². The molecular weight excluding hydrogens is 176 g/mol. The first-order chi connectivity index (χ1) is 6.56. The van der Waals surface area contributed by atoms with Gasteiger partial charge in [0, 0.05) is 5.69 Å². The summed E-state index contributed by atoms with van der Waals surface area (Å²) in [5.41, 5.74) is 5.78. The third-order valence-electron chi connectivity index (χ3n) is 2.28. The van der Waals surface area contributed by atoms with Gasteiger partial charge in [0.1, 0.15) is 0 Å². The van der Waals surface area contributed by atoms with Crippen molar-refractivity contribution in [3.63, 3.8) is 0 Å². The number of hydrogen-bond donors (Lipinski definition) is 2. The molecule has 1 atom stereocenters. The Kier molecular flexibility index (Phi) is 3.25.